The molecule has 0 saturated carbocycles. The normalized spacial score (nSPS) is 15.3. The van der Waals surface area contributed by atoms with Crippen molar-refractivity contribution in [2.24, 2.45) is 4.99 Å². The van der Waals surface area contributed by atoms with Crippen LogP contribution in [-0.2, 0) is 9.53 Å². The lowest BCUT2D eigenvalue weighted by molar-refractivity contribution is -0.384. The van der Waals surface area contributed by atoms with Crippen LogP contribution in [0.3, 0.4) is 0 Å². The molecule has 11 heteroatoms. The summed E-state index contributed by atoms with van der Waals surface area (Å²) < 4.78 is 12.6. The molecular weight excluding hydrogens is 518 g/mol. The van der Waals surface area contributed by atoms with Crippen molar-refractivity contribution in [2.45, 2.75) is 13.0 Å². The second-order valence-corrected chi connectivity index (χ2v) is 9.55. The summed E-state index contributed by atoms with van der Waals surface area (Å²) in [5, 5.41) is 11.9. The van der Waals surface area contributed by atoms with Gasteiger partial charge in [0.05, 0.1) is 39.4 Å². The molecule has 1 atom stereocenters. The molecule has 0 fully saturated rings. The maximum Gasteiger partial charge on any atom is 0.338 e. The lowest BCUT2D eigenvalue weighted by Gasteiger charge is -2.24. The molecule has 0 aliphatic carbocycles. The Morgan fingerprint density at radius 1 is 1.19 bits per heavy atom. The molecule has 4 aromatic rings. The number of nitro benzene ring substituents is 1. The second kappa shape index (κ2) is 9.64. The SMILES string of the molecule is COC(=O)C1=C(C)N=c2s/c(=C\c3ccc(-c4ccccc4[N+](=O)[O-])o3)c(=O)n2C1c1ccc(Cl)cc1. The van der Waals surface area contributed by atoms with E-state index in [1.165, 1.54) is 17.7 Å². The Hall–Kier alpha value is -4.28. The fourth-order valence-corrected chi connectivity index (χ4v) is 5.35. The van der Waals surface area contributed by atoms with Crippen LogP contribution in [0, 0.1) is 10.1 Å². The quantitative estimate of drug-likeness (QED) is 0.214. The van der Waals surface area contributed by atoms with Crippen LogP contribution < -0.4 is 14.9 Å². The fraction of sp³-hybridized carbons (Fsp3) is 0.115. The van der Waals surface area contributed by atoms with Gasteiger partial charge in [0, 0.05) is 17.2 Å². The maximum atomic E-state index is 13.6. The Labute approximate surface area is 218 Å². The Kier molecular flexibility index (Phi) is 6.36. The number of furan rings is 1. The zero-order valence-electron chi connectivity index (χ0n) is 19.5. The summed E-state index contributed by atoms with van der Waals surface area (Å²) in [7, 11) is 1.28. The van der Waals surface area contributed by atoms with Gasteiger partial charge in [0.15, 0.2) is 4.80 Å². The van der Waals surface area contributed by atoms with Crippen LogP contribution in [0.5, 0.6) is 0 Å². The lowest BCUT2D eigenvalue weighted by atomic mass is 9.96. The first-order valence-electron chi connectivity index (χ1n) is 11.0. The van der Waals surface area contributed by atoms with Crippen LogP contribution in [0.2, 0.25) is 5.02 Å². The molecule has 186 valence electrons. The third-order valence-electron chi connectivity index (χ3n) is 5.88. The molecule has 1 aliphatic rings. The van der Waals surface area contributed by atoms with Crippen molar-refractivity contribution < 1.29 is 18.9 Å². The van der Waals surface area contributed by atoms with Crippen LogP contribution in [0.4, 0.5) is 5.69 Å². The molecule has 0 bridgehead atoms. The van der Waals surface area contributed by atoms with Gasteiger partial charge in [0.25, 0.3) is 11.2 Å². The summed E-state index contributed by atoms with van der Waals surface area (Å²) >= 11 is 7.21. The zero-order chi connectivity index (χ0) is 26.3. The Morgan fingerprint density at radius 3 is 2.62 bits per heavy atom. The summed E-state index contributed by atoms with van der Waals surface area (Å²) in [6, 6.07) is 15.6. The molecule has 0 radical (unpaired) electrons. The highest BCUT2D eigenvalue weighted by molar-refractivity contribution is 7.07. The summed E-state index contributed by atoms with van der Waals surface area (Å²) in [4.78, 5) is 42.1. The van der Waals surface area contributed by atoms with E-state index in [0.29, 0.717) is 42.7 Å². The molecule has 3 heterocycles. The lowest BCUT2D eigenvalue weighted by Crippen LogP contribution is -2.39. The van der Waals surface area contributed by atoms with Gasteiger partial charge in [-0.25, -0.2) is 9.79 Å². The zero-order valence-corrected chi connectivity index (χ0v) is 21.1. The number of carbonyl (C=O) groups excluding carboxylic acids is 1. The molecule has 0 spiro atoms. The van der Waals surface area contributed by atoms with E-state index < -0.39 is 16.9 Å². The van der Waals surface area contributed by atoms with E-state index in [1.807, 2.05) is 0 Å². The number of para-hydroxylation sites is 1. The van der Waals surface area contributed by atoms with E-state index in [0.717, 1.165) is 11.3 Å². The van der Waals surface area contributed by atoms with Gasteiger partial charge >= 0.3 is 5.97 Å². The molecule has 0 N–H and O–H groups in total. The number of halogens is 1. The molecule has 5 rings (SSSR count). The number of nitrogens with zero attached hydrogens (tertiary/aromatic N) is 3. The van der Waals surface area contributed by atoms with E-state index in [-0.39, 0.29) is 16.8 Å². The van der Waals surface area contributed by atoms with Crippen LogP contribution in [0.25, 0.3) is 17.4 Å². The van der Waals surface area contributed by atoms with Crippen LogP contribution >= 0.6 is 22.9 Å². The topological polar surface area (TPSA) is 117 Å². The summed E-state index contributed by atoms with van der Waals surface area (Å²) in [5.74, 6) is 0.0511. The summed E-state index contributed by atoms with van der Waals surface area (Å²) in [6.45, 7) is 1.69. The highest BCUT2D eigenvalue weighted by Gasteiger charge is 2.33. The van der Waals surface area contributed by atoms with Crippen molar-refractivity contribution >= 4 is 40.7 Å². The molecule has 9 nitrogen and oxygen atoms in total. The number of allylic oxidation sites excluding steroid dienone is 1. The van der Waals surface area contributed by atoms with Gasteiger partial charge in [0.2, 0.25) is 0 Å². The van der Waals surface area contributed by atoms with Crippen LogP contribution in [0.15, 0.2) is 86.1 Å². The van der Waals surface area contributed by atoms with Gasteiger partial charge in [-0.1, -0.05) is 47.2 Å². The van der Waals surface area contributed by atoms with Crippen molar-refractivity contribution in [3.63, 3.8) is 0 Å². The molecule has 37 heavy (non-hydrogen) atoms. The average molecular weight is 536 g/mol. The Bertz CT molecular complexity index is 1760. The average Bonchev–Trinajstić information content (AvgIpc) is 3.47. The van der Waals surface area contributed by atoms with Crippen molar-refractivity contribution in [1.29, 1.82) is 0 Å². The van der Waals surface area contributed by atoms with E-state index in [4.69, 9.17) is 20.8 Å². The van der Waals surface area contributed by atoms with E-state index in [1.54, 1.807) is 67.6 Å². The minimum absolute atomic E-state index is 0.0865. The van der Waals surface area contributed by atoms with Crippen molar-refractivity contribution in [2.75, 3.05) is 7.11 Å². The molecule has 2 aromatic heterocycles. The smallest absolute Gasteiger partial charge is 0.338 e. The number of methoxy groups -OCH3 is 1. The van der Waals surface area contributed by atoms with Gasteiger partial charge in [-0.15, -0.1) is 0 Å². The minimum atomic E-state index is -0.762. The molecule has 2 aromatic carbocycles. The molecular formula is C26H18ClN3O6S. The summed E-state index contributed by atoms with van der Waals surface area (Å²) in [6.07, 6.45) is 1.55. The monoisotopic (exact) mass is 535 g/mol. The predicted octanol–water partition coefficient (Wildman–Crippen LogP) is 4.23. The first-order chi connectivity index (χ1) is 17.8. The van der Waals surface area contributed by atoms with E-state index in [9.17, 15) is 19.7 Å². The van der Waals surface area contributed by atoms with Gasteiger partial charge in [-0.2, -0.15) is 0 Å². The number of nitro groups is 1. The van der Waals surface area contributed by atoms with Gasteiger partial charge in [-0.05, 0) is 42.8 Å². The number of hydrogen-bond donors (Lipinski definition) is 0. The number of carbonyl (C=O) groups is 1. The van der Waals surface area contributed by atoms with Crippen LogP contribution in [0.1, 0.15) is 24.3 Å². The van der Waals surface area contributed by atoms with E-state index >= 15 is 0 Å². The molecule has 1 unspecified atom stereocenters. The highest BCUT2D eigenvalue weighted by atomic mass is 35.5. The fourth-order valence-electron chi connectivity index (χ4n) is 4.20. The number of hydrogen-bond acceptors (Lipinski definition) is 8. The maximum absolute atomic E-state index is 13.6. The standard InChI is InChI=1S/C26H18ClN3O6S/c1-14-22(25(32)35-2)23(15-7-9-16(27)10-8-15)29-24(31)21(37-26(29)28-14)13-17-11-12-20(36-17)18-5-3-4-6-19(18)30(33)34/h3-13,23H,1-2H3/b21-13-. The third kappa shape index (κ3) is 4.41. The molecule has 0 saturated heterocycles. The number of thiazole rings is 1. The number of ether oxygens (including phenoxy) is 1. The first-order valence-corrected chi connectivity index (χ1v) is 12.2. The molecule has 1 aliphatic heterocycles. The third-order valence-corrected chi connectivity index (χ3v) is 7.11. The number of aromatic nitrogens is 1. The van der Waals surface area contributed by atoms with Gasteiger partial charge < -0.3 is 9.15 Å². The number of rotatable bonds is 5. The first kappa shape index (κ1) is 24.4. The Balaban J connectivity index is 1.64. The number of fused-ring (bicyclic) bond motifs is 1. The molecule has 0 amide bonds. The largest absolute Gasteiger partial charge is 0.466 e. The second-order valence-electron chi connectivity index (χ2n) is 8.10. The Morgan fingerprint density at radius 2 is 1.92 bits per heavy atom. The highest BCUT2D eigenvalue weighted by Crippen LogP contribution is 2.32. The minimum Gasteiger partial charge on any atom is -0.466 e. The van der Waals surface area contributed by atoms with E-state index in [2.05, 4.69) is 4.99 Å². The van der Waals surface area contributed by atoms with Crippen LogP contribution in [-0.4, -0.2) is 22.6 Å². The van der Waals surface area contributed by atoms with Crippen molar-refractivity contribution in [1.82, 2.24) is 4.57 Å². The van der Waals surface area contributed by atoms with Gasteiger partial charge in [-0.3, -0.25) is 19.5 Å². The van der Waals surface area contributed by atoms with Crippen molar-refractivity contribution in [3.05, 3.63) is 118 Å². The van der Waals surface area contributed by atoms with Gasteiger partial charge in [0.1, 0.15) is 11.5 Å². The number of benzene rings is 2. The predicted molar refractivity (Wildman–Crippen MR) is 138 cm³/mol. The van der Waals surface area contributed by atoms with Crippen molar-refractivity contribution in [3.8, 4) is 11.3 Å². The number of esters is 1. The summed E-state index contributed by atoms with van der Waals surface area (Å²) in [5.41, 5.74) is 1.23.